The molecule has 0 atom stereocenters. The molecule has 0 radical (unpaired) electrons. The van der Waals surface area contributed by atoms with Gasteiger partial charge in [0.25, 0.3) is 5.91 Å². The van der Waals surface area contributed by atoms with Crippen LogP contribution in [0.1, 0.15) is 31.1 Å². The third-order valence-corrected chi connectivity index (χ3v) is 2.66. The van der Waals surface area contributed by atoms with Gasteiger partial charge in [-0.15, -0.1) is 0 Å². The van der Waals surface area contributed by atoms with E-state index in [0.717, 1.165) is 5.69 Å². The maximum Gasteiger partial charge on any atom is 0.407 e. The van der Waals surface area contributed by atoms with Gasteiger partial charge >= 0.3 is 6.09 Å². The van der Waals surface area contributed by atoms with Crippen molar-refractivity contribution in [2.24, 2.45) is 0 Å². The van der Waals surface area contributed by atoms with Gasteiger partial charge in [-0.05, 0) is 45.0 Å². The summed E-state index contributed by atoms with van der Waals surface area (Å²) in [4.78, 5) is 24.7. The van der Waals surface area contributed by atoms with E-state index in [2.05, 4.69) is 10.6 Å². The Hall–Kier alpha value is -2.24. The molecule has 0 saturated carbocycles. The summed E-state index contributed by atoms with van der Waals surface area (Å²) < 4.78 is 5.13. The maximum absolute atomic E-state index is 11.7. The van der Waals surface area contributed by atoms with Gasteiger partial charge in [-0.25, -0.2) is 4.79 Å². The highest BCUT2D eigenvalue weighted by Gasteiger charge is 2.15. The first-order chi connectivity index (χ1) is 10.2. The second kappa shape index (κ2) is 7.68. The number of hydrogen-bond donors (Lipinski definition) is 2. The summed E-state index contributed by atoms with van der Waals surface area (Å²) in [6, 6.07) is 7.21. The summed E-state index contributed by atoms with van der Waals surface area (Å²) in [6.07, 6.45) is -0.429. The van der Waals surface area contributed by atoms with Gasteiger partial charge < -0.3 is 20.3 Å². The molecule has 0 saturated heterocycles. The van der Waals surface area contributed by atoms with Crippen LogP contribution < -0.4 is 10.6 Å². The van der Waals surface area contributed by atoms with Crippen LogP contribution in [-0.2, 0) is 4.74 Å². The number of carbonyl (C=O) groups is 2. The minimum atomic E-state index is -0.494. The first-order valence-corrected chi connectivity index (χ1v) is 7.21. The SMILES string of the molecule is CN(C)C(=O)c1ccc(NCCNC(=O)OC(C)(C)C)cc1. The molecule has 1 rings (SSSR count). The summed E-state index contributed by atoms with van der Waals surface area (Å²) in [5, 5.41) is 5.83. The molecule has 6 heteroatoms. The highest BCUT2D eigenvalue weighted by Crippen LogP contribution is 2.10. The van der Waals surface area contributed by atoms with Crippen molar-refractivity contribution in [3.8, 4) is 0 Å². The third kappa shape index (κ3) is 6.47. The van der Waals surface area contributed by atoms with Crippen molar-refractivity contribution in [2.75, 3.05) is 32.5 Å². The average Bonchev–Trinajstić information content (AvgIpc) is 2.41. The van der Waals surface area contributed by atoms with Gasteiger partial charge in [0.15, 0.2) is 0 Å². The van der Waals surface area contributed by atoms with E-state index < -0.39 is 11.7 Å². The molecule has 122 valence electrons. The Morgan fingerprint density at radius 1 is 1.09 bits per heavy atom. The fourth-order valence-corrected chi connectivity index (χ4v) is 1.67. The second-order valence-electron chi connectivity index (χ2n) is 6.13. The van der Waals surface area contributed by atoms with Crippen molar-refractivity contribution in [1.82, 2.24) is 10.2 Å². The van der Waals surface area contributed by atoms with Gasteiger partial charge in [-0.3, -0.25) is 4.79 Å². The van der Waals surface area contributed by atoms with Crippen molar-refractivity contribution in [2.45, 2.75) is 26.4 Å². The van der Waals surface area contributed by atoms with Crippen LogP contribution in [0.3, 0.4) is 0 Å². The molecular formula is C16H25N3O3. The molecule has 0 aliphatic heterocycles. The van der Waals surface area contributed by atoms with Crippen LogP contribution in [-0.4, -0.2) is 49.7 Å². The van der Waals surface area contributed by atoms with E-state index in [1.54, 1.807) is 26.2 Å². The van der Waals surface area contributed by atoms with E-state index in [1.165, 1.54) is 4.90 Å². The molecule has 22 heavy (non-hydrogen) atoms. The van der Waals surface area contributed by atoms with Crippen LogP contribution in [0.4, 0.5) is 10.5 Å². The highest BCUT2D eigenvalue weighted by molar-refractivity contribution is 5.94. The quantitative estimate of drug-likeness (QED) is 0.819. The maximum atomic E-state index is 11.7. The fraction of sp³-hybridized carbons (Fsp3) is 0.500. The van der Waals surface area contributed by atoms with Crippen LogP contribution in [0, 0.1) is 0 Å². The molecule has 6 nitrogen and oxygen atoms in total. The van der Waals surface area contributed by atoms with E-state index in [1.807, 2.05) is 32.9 Å². The molecule has 1 aromatic carbocycles. The second-order valence-corrected chi connectivity index (χ2v) is 6.13. The number of carbonyl (C=O) groups excluding carboxylic acids is 2. The largest absolute Gasteiger partial charge is 0.444 e. The van der Waals surface area contributed by atoms with Crippen LogP contribution in [0.5, 0.6) is 0 Å². The lowest BCUT2D eigenvalue weighted by Crippen LogP contribution is -2.34. The fourth-order valence-electron chi connectivity index (χ4n) is 1.67. The molecule has 2 amide bonds. The molecular weight excluding hydrogens is 282 g/mol. The minimum Gasteiger partial charge on any atom is -0.444 e. The molecule has 0 aromatic heterocycles. The van der Waals surface area contributed by atoms with Crippen molar-refractivity contribution >= 4 is 17.7 Å². The molecule has 0 bridgehead atoms. The predicted molar refractivity (Wildman–Crippen MR) is 87.2 cm³/mol. The van der Waals surface area contributed by atoms with Crippen molar-refractivity contribution in [3.05, 3.63) is 29.8 Å². The summed E-state index contributed by atoms with van der Waals surface area (Å²) >= 11 is 0. The third-order valence-electron chi connectivity index (χ3n) is 2.66. The first-order valence-electron chi connectivity index (χ1n) is 7.21. The van der Waals surface area contributed by atoms with Gasteiger partial charge in [0.2, 0.25) is 0 Å². The summed E-state index contributed by atoms with van der Waals surface area (Å²) in [5.74, 6) is -0.0295. The lowest BCUT2D eigenvalue weighted by molar-refractivity contribution is 0.0530. The Labute approximate surface area is 131 Å². The number of ether oxygens (including phenoxy) is 1. The van der Waals surface area contributed by atoms with E-state index in [9.17, 15) is 9.59 Å². The van der Waals surface area contributed by atoms with Crippen LogP contribution in [0.15, 0.2) is 24.3 Å². The Bertz CT molecular complexity index is 504. The van der Waals surface area contributed by atoms with Gasteiger partial charge in [0.05, 0.1) is 0 Å². The van der Waals surface area contributed by atoms with E-state index in [0.29, 0.717) is 18.7 Å². The van der Waals surface area contributed by atoms with E-state index in [-0.39, 0.29) is 5.91 Å². The molecule has 0 spiro atoms. The molecule has 0 aliphatic rings. The zero-order chi connectivity index (χ0) is 16.8. The standard InChI is InChI=1S/C16H25N3O3/c1-16(2,3)22-15(21)18-11-10-17-13-8-6-12(7-9-13)14(20)19(4)5/h6-9,17H,10-11H2,1-5H3,(H,18,21). The van der Waals surface area contributed by atoms with Crippen LogP contribution in [0.2, 0.25) is 0 Å². The van der Waals surface area contributed by atoms with E-state index in [4.69, 9.17) is 4.74 Å². The van der Waals surface area contributed by atoms with Crippen molar-refractivity contribution < 1.29 is 14.3 Å². The topological polar surface area (TPSA) is 70.7 Å². The number of rotatable bonds is 5. The van der Waals surface area contributed by atoms with Crippen LogP contribution >= 0.6 is 0 Å². The number of alkyl carbamates (subject to hydrolysis) is 1. The number of nitrogens with one attached hydrogen (secondary N) is 2. The average molecular weight is 307 g/mol. The molecule has 0 aliphatic carbocycles. The lowest BCUT2D eigenvalue weighted by atomic mass is 10.2. The van der Waals surface area contributed by atoms with Gasteiger partial charge in [-0.1, -0.05) is 0 Å². The predicted octanol–water partition coefficient (Wildman–Crippen LogP) is 2.33. The Morgan fingerprint density at radius 2 is 1.68 bits per heavy atom. The Kier molecular flexibility index (Phi) is 6.22. The van der Waals surface area contributed by atoms with Gasteiger partial charge in [0, 0.05) is 38.4 Å². The molecule has 0 heterocycles. The Morgan fingerprint density at radius 3 is 2.18 bits per heavy atom. The number of hydrogen-bond acceptors (Lipinski definition) is 4. The van der Waals surface area contributed by atoms with Crippen LogP contribution in [0.25, 0.3) is 0 Å². The van der Waals surface area contributed by atoms with E-state index >= 15 is 0 Å². The highest BCUT2D eigenvalue weighted by atomic mass is 16.6. The minimum absolute atomic E-state index is 0.0295. The Balaban J connectivity index is 2.34. The van der Waals surface area contributed by atoms with Gasteiger partial charge in [-0.2, -0.15) is 0 Å². The first kappa shape index (κ1) is 17.8. The molecule has 0 unspecified atom stereocenters. The number of amides is 2. The monoisotopic (exact) mass is 307 g/mol. The number of anilines is 1. The van der Waals surface area contributed by atoms with Crippen molar-refractivity contribution in [1.29, 1.82) is 0 Å². The molecule has 2 N–H and O–H groups in total. The lowest BCUT2D eigenvalue weighted by Gasteiger charge is -2.19. The van der Waals surface area contributed by atoms with Gasteiger partial charge in [0.1, 0.15) is 5.60 Å². The molecule has 1 aromatic rings. The normalized spacial score (nSPS) is 10.8. The summed E-state index contributed by atoms with van der Waals surface area (Å²) in [7, 11) is 3.44. The van der Waals surface area contributed by atoms with Crippen molar-refractivity contribution in [3.63, 3.8) is 0 Å². The number of benzene rings is 1. The zero-order valence-electron chi connectivity index (χ0n) is 13.9. The summed E-state index contributed by atoms with van der Waals surface area (Å²) in [6.45, 7) is 6.48. The summed E-state index contributed by atoms with van der Waals surface area (Å²) in [5.41, 5.74) is 1.04. The molecule has 0 fully saturated rings. The smallest absolute Gasteiger partial charge is 0.407 e. The number of nitrogens with zero attached hydrogens (tertiary/aromatic N) is 1. The zero-order valence-corrected chi connectivity index (χ0v) is 13.9.